The highest BCUT2D eigenvalue weighted by Crippen LogP contribution is 2.18. The van der Waals surface area contributed by atoms with Gasteiger partial charge in [-0.1, -0.05) is 43.5 Å². The molecule has 0 heteroatoms. The molecule has 0 saturated carbocycles. The molecule has 0 spiro atoms. The summed E-state index contributed by atoms with van der Waals surface area (Å²) in [5.41, 5.74) is 2.25. The second-order valence-corrected chi connectivity index (χ2v) is 4.12. The third kappa shape index (κ3) is 2.25. The van der Waals surface area contributed by atoms with Crippen molar-refractivity contribution in [2.45, 2.75) is 26.2 Å². The molecular weight excluding hydrogens is 192 g/mol. The Hall–Kier alpha value is -1.74. The maximum atomic E-state index is 7.10. The van der Waals surface area contributed by atoms with E-state index in [1.54, 1.807) is 0 Å². The first kappa shape index (κ1) is 10.8. The zero-order valence-corrected chi connectivity index (χ0v) is 9.59. The lowest BCUT2D eigenvalue weighted by molar-refractivity contribution is 0.796. The van der Waals surface area contributed by atoms with Crippen LogP contribution in [0, 0.1) is 12.3 Å². The van der Waals surface area contributed by atoms with Crippen LogP contribution in [0.15, 0.2) is 36.4 Å². The number of hydrogen-bond donors (Lipinski definition) is 0. The minimum Gasteiger partial charge on any atom is -0.0654 e. The van der Waals surface area contributed by atoms with Crippen molar-refractivity contribution in [3.63, 3.8) is 0 Å². The van der Waals surface area contributed by atoms with E-state index in [0.29, 0.717) is 0 Å². The van der Waals surface area contributed by atoms with E-state index in [4.69, 9.17) is 6.42 Å². The minimum atomic E-state index is 0.841. The first-order valence-corrected chi connectivity index (χ1v) is 5.79. The van der Waals surface area contributed by atoms with Crippen molar-refractivity contribution in [3.8, 4) is 5.92 Å². The van der Waals surface area contributed by atoms with Gasteiger partial charge in [-0.3, -0.25) is 0 Å². The molecule has 2 rings (SSSR count). The van der Waals surface area contributed by atoms with Crippen molar-refractivity contribution in [2.75, 3.05) is 0 Å². The topological polar surface area (TPSA) is 0 Å². The summed E-state index contributed by atoms with van der Waals surface area (Å²) in [4.78, 5) is 0. The van der Waals surface area contributed by atoms with Crippen LogP contribution in [-0.2, 0) is 6.42 Å². The smallest absolute Gasteiger partial charge is 0.0261 e. The van der Waals surface area contributed by atoms with Gasteiger partial charge >= 0.3 is 0 Å². The van der Waals surface area contributed by atoms with Gasteiger partial charge < -0.3 is 0 Å². The Balaban J connectivity index is 2.37. The molecule has 0 aliphatic carbocycles. The molecule has 0 amide bonds. The van der Waals surface area contributed by atoms with Gasteiger partial charge in [0.2, 0.25) is 0 Å². The molecule has 2 aromatic carbocycles. The minimum absolute atomic E-state index is 0.841. The van der Waals surface area contributed by atoms with Gasteiger partial charge in [0.05, 0.1) is 0 Å². The molecular formula is C16H15. The normalized spacial score (nSPS) is 10.2. The maximum absolute atomic E-state index is 7.10. The second-order valence-electron chi connectivity index (χ2n) is 4.12. The molecule has 2 aromatic rings. The zero-order chi connectivity index (χ0) is 11.4. The molecule has 0 bridgehead atoms. The van der Waals surface area contributed by atoms with E-state index in [9.17, 15) is 0 Å². The van der Waals surface area contributed by atoms with E-state index in [1.807, 2.05) is 12.1 Å². The standard InChI is InChI=1S/C16H15/c1-3-5-6-14-8-10-15-11-13(4-2)7-9-16(15)12-14/h7-12H,3,5-6H2,1H3. The van der Waals surface area contributed by atoms with Crippen LogP contribution in [0.25, 0.3) is 10.8 Å². The highest BCUT2D eigenvalue weighted by atomic mass is 14.0. The Labute approximate surface area is 97.3 Å². The van der Waals surface area contributed by atoms with Gasteiger partial charge in [-0.2, -0.15) is 0 Å². The maximum Gasteiger partial charge on any atom is 0.0261 e. The Morgan fingerprint density at radius 2 is 1.81 bits per heavy atom. The number of hydrogen-bond acceptors (Lipinski definition) is 0. The lowest BCUT2D eigenvalue weighted by Crippen LogP contribution is -1.85. The lowest BCUT2D eigenvalue weighted by atomic mass is 10.0. The highest BCUT2D eigenvalue weighted by Gasteiger charge is 1.97. The molecule has 0 atom stereocenters. The zero-order valence-electron chi connectivity index (χ0n) is 9.59. The molecule has 0 nitrogen and oxygen atoms in total. The SMILES string of the molecule is [C]#Cc1ccc2cc(CCCC)ccc2c1. The van der Waals surface area contributed by atoms with Gasteiger partial charge in [0.15, 0.2) is 0 Å². The van der Waals surface area contributed by atoms with Gasteiger partial charge in [-0.25, -0.2) is 0 Å². The molecule has 0 heterocycles. The van der Waals surface area contributed by atoms with Crippen LogP contribution < -0.4 is 0 Å². The molecule has 0 saturated heterocycles. The van der Waals surface area contributed by atoms with Crippen LogP contribution in [0.4, 0.5) is 0 Å². The Kier molecular flexibility index (Phi) is 3.27. The number of fused-ring (bicyclic) bond motifs is 1. The van der Waals surface area contributed by atoms with Crippen LogP contribution >= 0.6 is 0 Å². The highest BCUT2D eigenvalue weighted by molar-refractivity contribution is 5.84. The summed E-state index contributed by atoms with van der Waals surface area (Å²) in [5, 5.41) is 2.45. The summed E-state index contributed by atoms with van der Waals surface area (Å²) in [6, 6.07) is 12.6. The van der Waals surface area contributed by atoms with E-state index in [2.05, 4.69) is 37.1 Å². The van der Waals surface area contributed by atoms with Crippen molar-refractivity contribution >= 4 is 10.8 Å². The molecule has 0 aliphatic rings. The van der Waals surface area contributed by atoms with Crippen LogP contribution in [0.5, 0.6) is 0 Å². The van der Waals surface area contributed by atoms with E-state index in [0.717, 1.165) is 12.0 Å². The average Bonchev–Trinajstić information content (AvgIpc) is 2.35. The monoisotopic (exact) mass is 207 g/mol. The average molecular weight is 207 g/mol. The predicted octanol–water partition coefficient (Wildman–Crippen LogP) is 4.12. The molecule has 79 valence electrons. The van der Waals surface area contributed by atoms with Crippen molar-refractivity contribution in [2.24, 2.45) is 0 Å². The van der Waals surface area contributed by atoms with Crippen molar-refractivity contribution in [1.82, 2.24) is 0 Å². The molecule has 0 aromatic heterocycles. The number of unbranched alkanes of at least 4 members (excludes halogenated alkanes) is 1. The first-order chi connectivity index (χ1) is 7.83. The van der Waals surface area contributed by atoms with Gasteiger partial charge in [0.25, 0.3) is 0 Å². The summed E-state index contributed by atoms with van der Waals surface area (Å²) in [6.45, 7) is 2.22. The Bertz CT molecular complexity index is 529. The van der Waals surface area contributed by atoms with Crippen molar-refractivity contribution in [1.29, 1.82) is 0 Å². The van der Waals surface area contributed by atoms with Crippen molar-refractivity contribution in [3.05, 3.63) is 53.9 Å². The summed E-state index contributed by atoms with van der Waals surface area (Å²) in [5.74, 6) is 2.42. The molecule has 0 N–H and O–H groups in total. The third-order valence-electron chi connectivity index (χ3n) is 2.87. The van der Waals surface area contributed by atoms with E-state index in [1.165, 1.54) is 29.2 Å². The summed E-state index contributed by atoms with van der Waals surface area (Å²) in [6.07, 6.45) is 10.7. The number of benzene rings is 2. The van der Waals surface area contributed by atoms with Crippen LogP contribution in [0.3, 0.4) is 0 Å². The Morgan fingerprint density at radius 3 is 2.56 bits per heavy atom. The summed E-state index contributed by atoms with van der Waals surface area (Å²) >= 11 is 0. The predicted molar refractivity (Wildman–Crippen MR) is 68.8 cm³/mol. The molecule has 1 radical (unpaired) electrons. The molecule has 0 unspecified atom stereocenters. The van der Waals surface area contributed by atoms with Gasteiger partial charge in [-0.15, -0.1) is 0 Å². The van der Waals surface area contributed by atoms with Crippen molar-refractivity contribution < 1.29 is 0 Å². The third-order valence-corrected chi connectivity index (χ3v) is 2.87. The van der Waals surface area contributed by atoms with E-state index >= 15 is 0 Å². The largest absolute Gasteiger partial charge is 0.0654 e. The summed E-state index contributed by atoms with van der Waals surface area (Å²) < 4.78 is 0. The van der Waals surface area contributed by atoms with E-state index in [-0.39, 0.29) is 0 Å². The fraction of sp³-hybridized carbons (Fsp3) is 0.250. The van der Waals surface area contributed by atoms with Gasteiger partial charge in [-0.05, 0) is 47.7 Å². The number of rotatable bonds is 3. The fourth-order valence-corrected chi connectivity index (χ4v) is 1.91. The van der Waals surface area contributed by atoms with Gasteiger partial charge in [0.1, 0.15) is 0 Å². The second kappa shape index (κ2) is 4.86. The molecule has 0 fully saturated rings. The van der Waals surface area contributed by atoms with Crippen LogP contribution in [-0.4, -0.2) is 0 Å². The molecule has 0 aliphatic heterocycles. The Morgan fingerprint density at radius 1 is 1.06 bits per heavy atom. The fourth-order valence-electron chi connectivity index (χ4n) is 1.91. The lowest BCUT2D eigenvalue weighted by Gasteiger charge is -2.03. The van der Waals surface area contributed by atoms with Crippen LogP contribution in [0.2, 0.25) is 0 Å². The summed E-state index contributed by atoms with van der Waals surface area (Å²) in [7, 11) is 0. The quantitative estimate of drug-likeness (QED) is 0.664. The van der Waals surface area contributed by atoms with Gasteiger partial charge in [0, 0.05) is 5.56 Å². The molecule has 16 heavy (non-hydrogen) atoms. The number of aryl methyl sites for hydroxylation is 1. The van der Waals surface area contributed by atoms with E-state index < -0.39 is 0 Å². The van der Waals surface area contributed by atoms with Crippen LogP contribution in [0.1, 0.15) is 30.9 Å². The first-order valence-electron chi connectivity index (χ1n) is 5.79.